The number of methoxy groups -OCH3 is 1. The van der Waals surface area contributed by atoms with Crippen LogP contribution in [0.1, 0.15) is 11.3 Å². The second kappa shape index (κ2) is 12.0. The molecule has 0 spiro atoms. The molecule has 5 N–H and O–H groups in total. The summed E-state index contributed by atoms with van der Waals surface area (Å²) in [5.74, 6) is 0.707. The number of pyridine rings is 1. The van der Waals surface area contributed by atoms with E-state index in [0.717, 1.165) is 22.4 Å². The first-order valence-corrected chi connectivity index (χ1v) is 9.63. The van der Waals surface area contributed by atoms with E-state index in [9.17, 15) is 4.79 Å². The third-order valence-corrected chi connectivity index (χ3v) is 4.35. The molecule has 1 aromatic heterocycles. The summed E-state index contributed by atoms with van der Waals surface area (Å²) in [7, 11) is 0.0939. The lowest BCUT2D eigenvalue weighted by atomic mass is 9.82. The zero-order valence-electron chi connectivity index (χ0n) is 16.5. The Hall–Kier alpha value is -2.85. The van der Waals surface area contributed by atoms with Crippen LogP contribution in [-0.2, 0) is 17.8 Å². The lowest BCUT2D eigenvalue weighted by Crippen LogP contribution is -2.31. The topological polar surface area (TPSA) is 118 Å². The zero-order chi connectivity index (χ0) is 21.9. The number of hydrogen-bond acceptors (Lipinski definition) is 7. The standard InChI is InChI=1S/C21H21BN2O4.H3NS/c1-28-20-10-6-17(7-11-20)16-4-2-15(3-5-16)12-21(25)24-14-19-9-8-18(13-23-19)22(26)27;1-2/h2-11,13,26-27H,12,14H2,1H3,(H,24,25);2H,1H2. The monoisotopic (exact) mass is 425 g/mol. The maximum atomic E-state index is 12.2. The Balaban J connectivity index is 0.00000155. The predicted molar refractivity (Wildman–Crippen MR) is 121 cm³/mol. The normalized spacial score (nSPS) is 9.90. The number of rotatable bonds is 7. The maximum absolute atomic E-state index is 12.2. The van der Waals surface area contributed by atoms with Crippen LogP contribution in [0.15, 0.2) is 66.9 Å². The Morgan fingerprint density at radius 3 is 2.13 bits per heavy atom. The number of hydrogen-bond donors (Lipinski definition) is 5. The average Bonchev–Trinajstić information content (AvgIpc) is 2.80. The largest absolute Gasteiger partial charge is 0.497 e. The van der Waals surface area contributed by atoms with Gasteiger partial charge in [-0.05, 0) is 34.9 Å². The van der Waals surface area contributed by atoms with Crippen molar-refractivity contribution in [2.75, 3.05) is 7.11 Å². The molecule has 2 aromatic carbocycles. The molecule has 0 atom stereocenters. The number of nitrogens with zero attached hydrogens (tertiary/aromatic N) is 1. The smallest absolute Gasteiger partial charge is 0.490 e. The molecule has 0 unspecified atom stereocenters. The molecular weight excluding hydrogens is 401 g/mol. The number of nitrogens with two attached hydrogens (primary N) is 1. The molecule has 0 radical (unpaired) electrons. The van der Waals surface area contributed by atoms with Gasteiger partial charge in [-0.2, -0.15) is 0 Å². The van der Waals surface area contributed by atoms with E-state index in [2.05, 4.69) is 28.3 Å². The molecular formula is C21H24BN3O4S. The highest BCUT2D eigenvalue weighted by Gasteiger charge is 2.11. The second-order valence-electron chi connectivity index (χ2n) is 6.34. The minimum atomic E-state index is -1.54. The number of amides is 1. The van der Waals surface area contributed by atoms with Gasteiger partial charge in [0.25, 0.3) is 0 Å². The Bertz CT molecular complexity index is 920. The molecule has 1 amide bonds. The van der Waals surface area contributed by atoms with Gasteiger partial charge in [0.1, 0.15) is 5.75 Å². The van der Waals surface area contributed by atoms with E-state index < -0.39 is 7.12 Å². The Morgan fingerprint density at radius 1 is 1.03 bits per heavy atom. The van der Waals surface area contributed by atoms with Gasteiger partial charge in [0.2, 0.25) is 5.91 Å². The van der Waals surface area contributed by atoms with Crippen molar-refractivity contribution in [1.82, 2.24) is 10.3 Å². The van der Waals surface area contributed by atoms with Crippen molar-refractivity contribution in [1.29, 1.82) is 0 Å². The quantitative estimate of drug-likeness (QED) is 0.286. The summed E-state index contributed by atoms with van der Waals surface area (Å²) in [4.78, 5) is 16.2. The number of aromatic nitrogens is 1. The fourth-order valence-electron chi connectivity index (χ4n) is 2.73. The summed E-state index contributed by atoms with van der Waals surface area (Å²) in [6, 6.07) is 18.9. The van der Waals surface area contributed by atoms with Gasteiger partial charge in [0.05, 0.1) is 25.8 Å². The van der Waals surface area contributed by atoms with Crippen molar-refractivity contribution in [3.05, 3.63) is 78.1 Å². The molecule has 0 aliphatic carbocycles. The Kier molecular flexibility index (Phi) is 9.36. The van der Waals surface area contributed by atoms with Crippen molar-refractivity contribution in [2.24, 2.45) is 5.14 Å². The number of thiol groups is 1. The number of carbonyl (C=O) groups excluding carboxylic acids is 1. The molecule has 156 valence electrons. The minimum absolute atomic E-state index is 0.106. The molecule has 7 nitrogen and oxygen atoms in total. The summed E-state index contributed by atoms with van der Waals surface area (Å²) < 4.78 is 5.17. The van der Waals surface area contributed by atoms with Gasteiger partial charge in [0, 0.05) is 11.7 Å². The Morgan fingerprint density at radius 2 is 1.63 bits per heavy atom. The van der Waals surface area contributed by atoms with Crippen LogP contribution in [0.4, 0.5) is 0 Å². The average molecular weight is 425 g/mol. The fraction of sp³-hybridized carbons (Fsp3) is 0.143. The lowest BCUT2D eigenvalue weighted by Gasteiger charge is -2.07. The molecule has 3 rings (SSSR count). The van der Waals surface area contributed by atoms with Gasteiger partial charge in [-0.15, -0.1) is 12.8 Å². The molecule has 0 saturated heterocycles. The van der Waals surface area contributed by atoms with Crippen LogP contribution in [0.5, 0.6) is 5.75 Å². The number of nitrogens with one attached hydrogen (secondary N) is 1. The van der Waals surface area contributed by atoms with E-state index in [1.165, 1.54) is 6.20 Å². The molecule has 9 heteroatoms. The SMILES string of the molecule is COc1ccc(-c2ccc(CC(=O)NCc3ccc(B(O)O)cn3)cc2)cc1.NS. The highest BCUT2D eigenvalue weighted by atomic mass is 32.1. The van der Waals surface area contributed by atoms with Crippen LogP contribution >= 0.6 is 12.8 Å². The highest BCUT2D eigenvalue weighted by molar-refractivity contribution is 7.77. The van der Waals surface area contributed by atoms with Crippen molar-refractivity contribution < 1.29 is 19.6 Å². The van der Waals surface area contributed by atoms with Crippen LogP contribution in [0, 0.1) is 0 Å². The second-order valence-corrected chi connectivity index (χ2v) is 6.34. The van der Waals surface area contributed by atoms with Gasteiger partial charge >= 0.3 is 7.12 Å². The summed E-state index contributed by atoms with van der Waals surface area (Å²) in [6.45, 7) is 0.282. The number of ether oxygens (including phenoxy) is 1. The number of benzene rings is 2. The molecule has 1 heterocycles. The first kappa shape index (κ1) is 23.4. The predicted octanol–water partition coefficient (Wildman–Crippen LogP) is 1.09. The minimum Gasteiger partial charge on any atom is -0.497 e. The molecule has 0 aliphatic rings. The first-order chi connectivity index (χ1) is 14.5. The maximum Gasteiger partial charge on any atom is 0.490 e. The van der Waals surface area contributed by atoms with Crippen LogP contribution in [0.25, 0.3) is 11.1 Å². The van der Waals surface area contributed by atoms with E-state index >= 15 is 0 Å². The zero-order valence-corrected chi connectivity index (χ0v) is 17.4. The van der Waals surface area contributed by atoms with E-state index in [1.807, 2.05) is 48.5 Å². The van der Waals surface area contributed by atoms with Gasteiger partial charge in [-0.25, -0.2) is 0 Å². The van der Waals surface area contributed by atoms with Crippen molar-refractivity contribution in [3.8, 4) is 16.9 Å². The lowest BCUT2D eigenvalue weighted by molar-refractivity contribution is -0.120. The van der Waals surface area contributed by atoms with E-state index in [4.69, 9.17) is 14.8 Å². The molecule has 30 heavy (non-hydrogen) atoms. The van der Waals surface area contributed by atoms with Gasteiger partial charge in [0.15, 0.2) is 0 Å². The van der Waals surface area contributed by atoms with Crippen molar-refractivity contribution in [2.45, 2.75) is 13.0 Å². The third-order valence-electron chi connectivity index (χ3n) is 4.35. The molecule has 0 fully saturated rings. The van der Waals surface area contributed by atoms with Crippen molar-refractivity contribution >= 4 is 31.3 Å². The van der Waals surface area contributed by atoms with E-state index in [1.54, 1.807) is 19.2 Å². The summed E-state index contributed by atoms with van der Waals surface area (Å²) in [6.07, 6.45) is 1.65. The molecule has 0 aliphatic heterocycles. The summed E-state index contributed by atoms with van der Waals surface area (Å²) in [5.41, 5.74) is 4.03. The highest BCUT2D eigenvalue weighted by Crippen LogP contribution is 2.22. The van der Waals surface area contributed by atoms with Gasteiger partial charge in [-0.1, -0.05) is 42.5 Å². The summed E-state index contributed by atoms with van der Waals surface area (Å²) >= 11 is 3.03. The van der Waals surface area contributed by atoms with Gasteiger partial charge in [-0.3, -0.25) is 14.9 Å². The first-order valence-electron chi connectivity index (χ1n) is 9.12. The van der Waals surface area contributed by atoms with Crippen LogP contribution in [-0.4, -0.2) is 35.2 Å². The molecule has 0 saturated carbocycles. The molecule has 0 bridgehead atoms. The van der Waals surface area contributed by atoms with Crippen LogP contribution < -0.4 is 20.7 Å². The van der Waals surface area contributed by atoms with E-state index in [0.29, 0.717) is 11.2 Å². The van der Waals surface area contributed by atoms with Crippen LogP contribution in [0.2, 0.25) is 0 Å². The summed E-state index contributed by atoms with van der Waals surface area (Å²) in [5, 5.41) is 25.1. The third kappa shape index (κ3) is 6.89. The Labute approximate surface area is 181 Å². The number of carbonyl (C=O) groups is 1. The molecule has 3 aromatic rings. The van der Waals surface area contributed by atoms with Gasteiger partial charge < -0.3 is 20.1 Å². The van der Waals surface area contributed by atoms with Crippen molar-refractivity contribution in [3.63, 3.8) is 0 Å². The van der Waals surface area contributed by atoms with E-state index in [-0.39, 0.29) is 18.9 Å². The van der Waals surface area contributed by atoms with Crippen LogP contribution in [0.3, 0.4) is 0 Å². The fourth-order valence-corrected chi connectivity index (χ4v) is 2.73.